The lowest BCUT2D eigenvalue weighted by molar-refractivity contribution is 0.112. The minimum atomic E-state index is 0.723. The maximum Gasteiger partial charge on any atom is 0.150 e. The number of ether oxygens (including phenoxy) is 1. The zero-order chi connectivity index (χ0) is 15.4. The van der Waals surface area contributed by atoms with E-state index in [1.165, 1.54) is 11.4 Å². The molecule has 0 saturated carbocycles. The van der Waals surface area contributed by atoms with E-state index in [0.29, 0.717) is 0 Å². The van der Waals surface area contributed by atoms with Gasteiger partial charge in [-0.05, 0) is 48.5 Å². The van der Waals surface area contributed by atoms with Gasteiger partial charge >= 0.3 is 0 Å². The summed E-state index contributed by atoms with van der Waals surface area (Å²) in [6.07, 6.45) is 0.880. The maximum absolute atomic E-state index is 10.7. The number of hydrogen-bond donors (Lipinski definition) is 0. The number of piperazine rings is 1. The monoisotopic (exact) mass is 296 g/mol. The second-order valence-corrected chi connectivity index (χ2v) is 5.38. The summed E-state index contributed by atoms with van der Waals surface area (Å²) >= 11 is 0. The Hall–Kier alpha value is -2.49. The van der Waals surface area contributed by atoms with Crippen LogP contribution in [0.3, 0.4) is 0 Å². The number of carbonyl (C=O) groups excluding carboxylic acids is 1. The minimum Gasteiger partial charge on any atom is -0.497 e. The highest BCUT2D eigenvalue weighted by molar-refractivity contribution is 5.75. The lowest BCUT2D eigenvalue weighted by atomic mass is 10.2. The summed E-state index contributed by atoms with van der Waals surface area (Å²) in [6, 6.07) is 16.0. The van der Waals surface area contributed by atoms with Crippen molar-refractivity contribution in [1.82, 2.24) is 0 Å². The molecule has 0 aromatic heterocycles. The van der Waals surface area contributed by atoms with E-state index in [1.807, 2.05) is 36.4 Å². The van der Waals surface area contributed by atoms with Gasteiger partial charge in [0, 0.05) is 43.1 Å². The van der Waals surface area contributed by atoms with Crippen molar-refractivity contribution in [2.45, 2.75) is 0 Å². The average Bonchev–Trinajstić information content (AvgIpc) is 2.62. The first-order chi connectivity index (χ1) is 10.8. The Morgan fingerprint density at radius 3 is 1.68 bits per heavy atom. The van der Waals surface area contributed by atoms with Crippen LogP contribution < -0.4 is 14.5 Å². The number of benzene rings is 2. The fraction of sp³-hybridized carbons (Fsp3) is 0.278. The van der Waals surface area contributed by atoms with E-state index in [2.05, 4.69) is 21.9 Å². The van der Waals surface area contributed by atoms with Crippen LogP contribution in [0.1, 0.15) is 10.4 Å². The fourth-order valence-electron chi connectivity index (χ4n) is 2.78. The number of anilines is 2. The number of aldehydes is 1. The number of nitrogens with zero attached hydrogens (tertiary/aromatic N) is 2. The van der Waals surface area contributed by atoms with Gasteiger partial charge in [-0.2, -0.15) is 0 Å². The Morgan fingerprint density at radius 1 is 0.818 bits per heavy atom. The zero-order valence-corrected chi connectivity index (χ0v) is 12.7. The summed E-state index contributed by atoms with van der Waals surface area (Å²) in [5.74, 6) is 0.887. The van der Waals surface area contributed by atoms with Crippen LogP contribution in [0.2, 0.25) is 0 Å². The van der Waals surface area contributed by atoms with Crippen molar-refractivity contribution >= 4 is 17.7 Å². The van der Waals surface area contributed by atoms with Gasteiger partial charge in [0.15, 0.2) is 0 Å². The van der Waals surface area contributed by atoms with Gasteiger partial charge in [-0.25, -0.2) is 0 Å². The molecule has 0 aliphatic carbocycles. The second kappa shape index (κ2) is 6.52. The summed E-state index contributed by atoms with van der Waals surface area (Å²) < 4.78 is 5.20. The smallest absolute Gasteiger partial charge is 0.150 e. The van der Waals surface area contributed by atoms with E-state index in [-0.39, 0.29) is 0 Å². The van der Waals surface area contributed by atoms with Crippen molar-refractivity contribution < 1.29 is 9.53 Å². The van der Waals surface area contributed by atoms with Gasteiger partial charge in [0.2, 0.25) is 0 Å². The Balaban J connectivity index is 1.62. The molecule has 1 fully saturated rings. The fourth-order valence-corrected chi connectivity index (χ4v) is 2.78. The first kappa shape index (κ1) is 14.4. The lowest BCUT2D eigenvalue weighted by Crippen LogP contribution is -2.46. The topological polar surface area (TPSA) is 32.8 Å². The van der Waals surface area contributed by atoms with E-state index in [1.54, 1.807) is 7.11 Å². The summed E-state index contributed by atoms with van der Waals surface area (Å²) in [5.41, 5.74) is 3.14. The Morgan fingerprint density at radius 2 is 1.27 bits per heavy atom. The minimum absolute atomic E-state index is 0.723. The van der Waals surface area contributed by atoms with Gasteiger partial charge in [0.25, 0.3) is 0 Å². The van der Waals surface area contributed by atoms with E-state index in [0.717, 1.165) is 43.8 Å². The molecule has 114 valence electrons. The molecule has 1 saturated heterocycles. The van der Waals surface area contributed by atoms with Crippen molar-refractivity contribution in [3.8, 4) is 5.75 Å². The van der Waals surface area contributed by atoms with Crippen molar-refractivity contribution in [1.29, 1.82) is 0 Å². The van der Waals surface area contributed by atoms with Crippen LogP contribution in [0.15, 0.2) is 48.5 Å². The molecule has 0 atom stereocenters. The molecule has 22 heavy (non-hydrogen) atoms. The third-order valence-electron chi connectivity index (χ3n) is 4.11. The second-order valence-electron chi connectivity index (χ2n) is 5.38. The molecule has 1 heterocycles. The summed E-state index contributed by atoms with van der Waals surface area (Å²) in [7, 11) is 1.68. The van der Waals surface area contributed by atoms with Crippen LogP contribution in [0.25, 0.3) is 0 Å². The van der Waals surface area contributed by atoms with Crippen molar-refractivity contribution in [2.24, 2.45) is 0 Å². The molecule has 2 aromatic rings. The molecule has 0 unspecified atom stereocenters. The molecule has 4 heteroatoms. The van der Waals surface area contributed by atoms with Crippen LogP contribution in [-0.4, -0.2) is 39.6 Å². The quantitative estimate of drug-likeness (QED) is 0.812. The number of methoxy groups -OCH3 is 1. The maximum atomic E-state index is 10.7. The highest BCUT2D eigenvalue weighted by atomic mass is 16.5. The van der Waals surface area contributed by atoms with E-state index in [4.69, 9.17) is 4.74 Å². The third kappa shape index (κ3) is 3.06. The molecule has 4 nitrogen and oxygen atoms in total. The highest BCUT2D eigenvalue weighted by Gasteiger charge is 2.17. The number of hydrogen-bond acceptors (Lipinski definition) is 4. The van der Waals surface area contributed by atoms with Crippen molar-refractivity contribution in [2.75, 3.05) is 43.1 Å². The van der Waals surface area contributed by atoms with Crippen molar-refractivity contribution in [3.63, 3.8) is 0 Å². The lowest BCUT2D eigenvalue weighted by Gasteiger charge is -2.37. The molecular weight excluding hydrogens is 276 g/mol. The standard InChI is InChI=1S/C18H20N2O2/c1-22-18-8-6-17(7-9-18)20-12-10-19(11-13-20)16-4-2-15(14-21)3-5-16/h2-9,14H,10-13H2,1H3. The molecule has 0 spiro atoms. The summed E-state index contributed by atoms with van der Waals surface area (Å²) in [4.78, 5) is 15.5. The largest absolute Gasteiger partial charge is 0.497 e. The van der Waals surface area contributed by atoms with Gasteiger partial charge in [0.1, 0.15) is 12.0 Å². The van der Waals surface area contributed by atoms with Gasteiger partial charge in [0.05, 0.1) is 7.11 Å². The molecule has 0 amide bonds. The molecule has 1 aliphatic heterocycles. The van der Waals surface area contributed by atoms with Crippen LogP contribution in [-0.2, 0) is 0 Å². The first-order valence-electron chi connectivity index (χ1n) is 7.49. The van der Waals surface area contributed by atoms with Crippen LogP contribution in [0, 0.1) is 0 Å². The predicted molar refractivity (Wildman–Crippen MR) is 89.2 cm³/mol. The molecule has 3 rings (SSSR count). The molecule has 2 aromatic carbocycles. The van der Waals surface area contributed by atoms with E-state index >= 15 is 0 Å². The van der Waals surface area contributed by atoms with Gasteiger partial charge in [-0.3, -0.25) is 4.79 Å². The van der Waals surface area contributed by atoms with Crippen LogP contribution >= 0.6 is 0 Å². The van der Waals surface area contributed by atoms with Crippen LogP contribution in [0.5, 0.6) is 5.75 Å². The zero-order valence-electron chi connectivity index (χ0n) is 12.7. The Bertz CT molecular complexity index is 615. The molecular formula is C18H20N2O2. The molecule has 0 radical (unpaired) electrons. The van der Waals surface area contributed by atoms with Gasteiger partial charge in [-0.15, -0.1) is 0 Å². The SMILES string of the molecule is COc1ccc(N2CCN(c3ccc(C=O)cc3)CC2)cc1. The van der Waals surface area contributed by atoms with Gasteiger partial charge < -0.3 is 14.5 Å². The van der Waals surface area contributed by atoms with Gasteiger partial charge in [-0.1, -0.05) is 0 Å². The van der Waals surface area contributed by atoms with E-state index < -0.39 is 0 Å². The summed E-state index contributed by atoms with van der Waals surface area (Å²) in [5, 5.41) is 0. The molecule has 1 aliphatic rings. The average molecular weight is 296 g/mol. The first-order valence-corrected chi connectivity index (χ1v) is 7.49. The third-order valence-corrected chi connectivity index (χ3v) is 4.11. The predicted octanol–water partition coefficient (Wildman–Crippen LogP) is 2.83. The normalized spacial score (nSPS) is 14.8. The number of carbonyl (C=O) groups is 1. The Kier molecular flexibility index (Phi) is 4.28. The Labute approximate surface area is 130 Å². The molecule has 0 N–H and O–H groups in total. The summed E-state index contributed by atoms with van der Waals surface area (Å²) in [6.45, 7) is 3.93. The number of rotatable bonds is 4. The van der Waals surface area contributed by atoms with E-state index in [9.17, 15) is 4.79 Å². The van der Waals surface area contributed by atoms with Crippen molar-refractivity contribution in [3.05, 3.63) is 54.1 Å². The molecule has 0 bridgehead atoms. The van der Waals surface area contributed by atoms with Crippen LogP contribution in [0.4, 0.5) is 11.4 Å². The highest BCUT2D eigenvalue weighted by Crippen LogP contribution is 2.22.